The highest BCUT2D eigenvalue weighted by Crippen LogP contribution is 2.24. The molecule has 0 fully saturated rings. The Kier molecular flexibility index (Phi) is 5.09. The van der Waals surface area contributed by atoms with Crippen molar-refractivity contribution in [3.8, 4) is 23.0 Å². The number of amides is 1. The standard InChI is InChI=1S/C18H11ClFN5O2S/c19-13-7-12(20)2-1-11(13)8-22-16(26)18-23-14(9-28-18)17-24-15(25-27-17)10-3-5-21-6-4-10/h1-7,9H,8H2,(H,22,26). The Bertz CT molecular complexity index is 1130. The van der Waals surface area contributed by atoms with Gasteiger partial charge >= 0.3 is 0 Å². The van der Waals surface area contributed by atoms with Crippen LogP contribution in [-0.2, 0) is 6.54 Å². The van der Waals surface area contributed by atoms with E-state index >= 15 is 0 Å². The average Bonchev–Trinajstić information content (AvgIpc) is 3.37. The highest BCUT2D eigenvalue weighted by atomic mass is 35.5. The first kappa shape index (κ1) is 18.2. The lowest BCUT2D eigenvalue weighted by atomic mass is 10.2. The van der Waals surface area contributed by atoms with Gasteiger partial charge in [0.25, 0.3) is 11.8 Å². The van der Waals surface area contributed by atoms with Crippen LogP contribution in [-0.4, -0.2) is 26.0 Å². The minimum absolute atomic E-state index is 0.152. The molecule has 0 saturated carbocycles. The molecular weight excluding hydrogens is 405 g/mol. The van der Waals surface area contributed by atoms with Crippen LogP contribution in [0.1, 0.15) is 15.4 Å². The quantitative estimate of drug-likeness (QED) is 0.530. The van der Waals surface area contributed by atoms with E-state index in [1.807, 2.05) is 0 Å². The van der Waals surface area contributed by atoms with Crippen LogP contribution in [0.15, 0.2) is 52.6 Å². The minimum Gasteiger partial charge on any atom is -0.346 e. The average molecular weight is 416 g/mol. The van der Waals surface area contributed by atoms with E-state index < -0.39 is 5.82 Å². The molecule has 0 radical (unpaired) electrons. The number of pyridine rings is 1. The Balaban J connectivity index is 1.45. The molecule has 0 atom stereocenters. The molecule has 140 valence electrons. The highest BCUT2D eigenvalue weighted by Gasteiger charge is 2.17. The van der Waals surface area contributed by atoms with Crippen LogP contribution >= 0.6 is 22.9 Å². The van der Waals surface area contributed by atoms with Crippen molar-refractivity contribution >= 4 is 28.8 Å². The molecule has 28 heavy (non-hydrogen) atoms. The number of nitrogens with zero attached hydrogens (tertiary/aromatic N) is 4. The van der Waals surface area contributed by atoms with Gasteiger partial charge in [0.15, 0.2) is 5.01 Å². The normalized spacial score (nSPS) is 10.8. The van der Waals surface area contributed by atoms with E-state index in [1.165, 1.54) is 18.2 Å². The summed E-state index contributed by atoms with van der Waals surface area (Å²) in [5.41, 5.74) is 1.77. The molecule has 0 spiro atoms. The van der Waals surface area contributed by atoms with Gasteiger partial charge in [0.1, 0.15) is 11.5 Å². The molecule has 3 aromatic heterocycles. The molecule has 7 nitrogen and oxygen atoms in total. The third-order valence-corrected chi connectivity index (χ3v) is 4.93. The van der Waals surface area contributed by atoms with Crippen LogP contribution in [0.25, 0.3) is 23.0 Å². The van der Waals surface area contributed by atoms with Crippen molar-refractivity contribution in [2.24, 2.45) is 0 Å². The fourth-order valence-corrected chi connectivity index (χ4v) is 3.28. The molecule has 0 aliphatic heterocycles. The van der Waals surface area contributed by atoms with Crippen LogP contribution in [0, 0.1) is 5.82 Å². The minimum atomic E-state index is -0.435. The van der Waals surface area contributed by atoms with E-state index in [4.69, 9.17) is 16.1 Å². The second kappa shape index (κ2) is 7.83. The van der Waals surface area contributed by atoms with E-state index in [1.54, 1.807) is 29.9 Å². The molecule has 0 bridgehead atoms. The van der Waals surface area contributed by atoms with E-state index in [-0.39, 0.29) is 28.4 Å². The lowest BCUT2D eigenvalue weighted by Crippen LogP contribution is -2.22. The first-order valence-electron chi connectivity index (χ1n) is 8.02. The summed E-state index contributed by atoms with van der Waals surface area (Å²) in [7, 11) is 0. The molecule has 1 N–H and O–H groups in total. The van der Waals surface area contributed by atoms with E-state index in [9.17, 15) is 9.18 Å². The first-order valence-corrected chi connectivity index (χ1v) is 9.28. The number of halogens is 2. The van der Waals surface area contributed by atoms with Crippen LogP contribution in [0.5, 0.6) is 0 Å². The molecule has 4 aromatic rings. The number of carbonyl (C=O) groups is 1. The van der Waals surface area contributed by atoms with Crippen molar-refractivity contribution in [1.82, 2.24) is 25.4 Å². The summed E-state index contributed by atoms with van der Waals surface area (Å²) in [6.45, 7) is 0.152. The van der Waals surface area contributed by atoms with Crippen LogP contribution in [0.3, 0.4) is 0 Å². The molecule has 0 aliphatic rings. The highest BCUT2D eigenvalue weighted by molar-refractivity contribution is 7.12. The fourth-order valence-electron chi connectivity index (χ4n) is 2.34. The maximum absolute atomic E-state index is 13.1. The Morgan fingerprint density at radius 2 is 2.04 bits per heavy atom. The number of thiazole rings is 1. The number of hydrogen-bond donors (Lipinski definition) is 1. The van der Waals surface area contributed by atoms with Gasteiger partial charge < -0.3 is 9.84 Å². The SMILES string of the molecule is O=C(NCc1ccc(F)cc1Cl)c1nc(-c2nc(-c3ccncc3)no2)cs1. The molecular formula is C18H11ClFN5O2S. The number of hydrogen-bond acceptors (Lipinski definition) is 7. The Morgan fingerprint density at radius 1 is 1.21 bits per heavy atom. The Hall–Kier alpha value is -3.17. The van der Waals surface area contributed by atoms with Gasteiger partial charge in [-0.15, -0.1) is 11.3 Å². The van der Waals surface area contributed by atoms with Crippen LogP contribution in [0.4, 0.5) is 4.39 Å². The van der Waals surface area contributed by atoms with Crippen molar-refractivity contribution in [2.45, 2.75) is 6.54 Å². The summed E-state index contributed by atoms with van der Waals surface area (Å²) in [5, 5.41) is 8.75. The predicted molar refractivity (Wildman–Crippen MR) is 101 cm³/mol. The maximum atomic E-state index is 13.1. The number of carbonyl (C=O) groups excluding carboxylic acids is 1. The summed E-state index contributed by atoms with van der Waals surface area (Å²) >= 11 is 7.11. The Labute approximate surface area is 167 Å². The first-order chi connectivity index (χ1) is 13.6. The fraction of sp³-hybridized carbons (Fsp3) is 0.0556. The zero-order valence-corrected chi connectivity index (χ0v) is 15.7. The van der Waals surface area contributed by atoms with Gasteiger partial charge in [-0.05, 0) is 29.8 Å². The van der Waals surface area contributed by atoms with Crippen molar-refractivity contribution in [2.75, 3.05) is 0 Å². The lowest BCUT2D eigenvalue weighted by molar-refractivity contribution is 0.0950. The van der Waals surface area contributed by atoms with Gasteiger partial charge in [-0.25, -0.2) is 9.37 Å². The molecule has 3 heterocycles. The van der Waals surface area contributed by atoms with Gasteiger partial charge in [0.2, 0.25) is 5.82 Å². The van der Waals surface area contributed by atoms with Gasteiger partial charge in [-0.3, -0.25) is 9.78 Å². The second-order valence-corrected chi connectivity index (χ2v) is 6.88. The third kappa shape index (κ3) is 3.90. The maximum Gasteiger partial charge on any atom is 0.280 e. The predicted octanol–water partition coefficient (Wildman–Crippen LogP) is 3.98. The monoisotopic (exact) mass is 415 g/mol. The zero-order valence-electron chi connectivity index (χ0n) is 14.1. The van der Waals surface area contributed by atoms with Crippen molar-refractivity contribution in [1.29, 1.82) is 0 Å². The topological polar surface area (TPSA) is 93.8 Å². The molecule has 0 unspecified atom stereocenters. The summed E-state index contributed by atoms with van der Waals surface area (Å²) in [4.78, 5) is 24.8. The molecule has 0 aliphatic carbocycles. The van der Waals surface area contributed by atoms with E-state index in [0.29, 0.717) is 17.1 Å². The van der Waals surface area contributed by atoms with Crippen LogP contribution in [0.2, 0.25) is 5.02 Å². The van der Waals surface area contributed by atoms with Crippen molar-refractivity contribution in [3.05, 3.63) is 69.5 Å². The Morgan fingerprint density at radius 3 is 2.82 bits per heavy atom. The van der Waals surface area contributed by atoms with Crippen LogP contribution < -0.4 is 5.32 Å². The van der Waals surface area contributed by atoms with Gasteiger partial charge in [0.05, 0.1) is 0 Å². The second-order valence-electron chi connectivity index (χ2n) is 5.62. The summed E-state index contributed by atoms with van der Waals surface area (Å²) in [6.07, 6.45) is 3.26. The molecule has 1 amide bonds. The third-order valence-electron chi connectivity index (χ3n) is 3.74. The largest absolute Gasteiger partial charge is 0.346 e. The summed E-state index contributed by atoms with van der Waals surface area (Å²) in [5.74, 6) is -0.202. The summed E-state index contributed by atoms with van der Waals surface area (Å²) < 4.78 is 18.3. The summed E-state index contributed by atoms with van der Waals surface area (Å²) in [6, 6.07) is 7.51. The number of nitrogens with one attached hydrogen (secondary N) is 1. The zero-order chi connectivity index (χ0) is 19.5. The molecule has 10 heteroatoms. The number of benzene rings is 1. The van der Waals surface area contributed by atoms with Crippen molar-refractivity contribution < 1.29 is 13.7 Å². The molecule has 1 aromatic carbocycles. The number of rotatable bonds is 5. The number of aromatic nitrogens is 4. The smallest absolute Gasteiger partial charge is 0.280 e. The lowest BCUT2D eigenvalue weighted by Gasteiger charge is -2.05. The van der Waals surface area contributed by atoms with Gasteiger partial charge in [-0.2, -0.15) is 4.98 Å². The molecule has 4 rings (SSSR count). The van der Waals surface area contributed by atoms with Gasteiger partial charge in [0, 0.05) is 34.9 Å². The van der Waals surface area contributed by atoms with E-state index in [0.717, 1.165) is 16.9 Å². The van der Waals surface area contributed by atoms with Crippen molar-refractivity contribution in [3.63, 3.8) is 0 Å². The van der Waals surface area contributed by atoms with E-state index in [2.05, 4.69) is 25.4 Å². The van der Waals surface area contributed by atoms with Gasteiger partial charge in [-0.1, -0.05) is 22.8 Å². The molecule has 0 saturated heterocycles.